The summed E-state index contributed by atoms with van der Waals surface area (Å²) >= 11 is 0. The van der Waals surface area contributed by atoms with Crippen LogP contribution in [0.25, 0.3) is 0 Å². The van der Waals surface area contributed by atoms with Crippen molar-refractivity contribution in [3.05, 3.63) is 24.0 Å². The van der Waals surface area contributed by atoms with Crippen molar-refractivity contribution >= 4 is 11.6 Å². The number of hydrogen-bond donors (Lipinski definition) is 3. The second-order valence-electron chi connectivity index (χ2n) is 3.85. The molecule has 86 valence electrons. The number of anilines is 1. The highest BCUT2D eigenvalue weighted by molar-refractivity contribution is 5.92. The lowest BCUT2D eigenvalue weighted by atomic mass is 10.1. The molecule has 3 N–H and O–H groups in total. The van der Waals surface area contributed by atoms with Gasteiger partial charge in [0.15, 0.2) is 11.6 Å². The van der Waals surface area contributed by atoms with Crippen LogP contribution in [0.4, 0.5) is 10.1 Å². The van der Waals surface area contributed by atoms with Gasteiger partial charge in [0.25, 0.3) is 0 Å². The molecule has 0 aromatic heterocycles. The Kier molecular flexibility index (Phi) is 3.05. The van der Waals surface area contributed by atoms with Crippen LogP contribution in [-0.2, 0) is 4.79 Å². The molecule has 1 aromatic carbocycles. The summed E-state index contributed by atoms with van der Waals surface area (Å²) < 4.78 is 13.0. The maximum Gasteiger partial charge on any atom is 0.228 e. The third-order valence-corrected chi connectivity index (χ3v) is 2.65. The van der Waals surface area contributed by atoms with Crippen LogP contribution < -0.4 is 10.6 Å². The molecule has 1 heterocycles. The van der Waals surface area contributed by atoms with E-state index in [2.05, 4.69) is 10.6 Å². The van der Waals surface area contributed by atoms with E-state index in [1.807, 2.05) is 0 Å². The number of rotatable bonds is 2. The van der Waals surface area contributed by atoms with Crippen LogP contribution in [0.1, 0.15) is 6.42 Å². The summed E-state index contributed by atoms with van der Waals surface area (Å²) in [4.78, 5) is 11.7. The first-order chi connectivity index (χ1) is 7.66. The molecule has 5 heteroatoms. The van der Waals surface area contributed by atoms with E-state index in [1.54, 1.807) is 0 Å². The summed E-state index contributed by atoms with van der Waals surface area (Å²) in [6.07, 6.45) is 0.798. The van der Waals surface area contributed by atoms with Crippen molar-refractivity contribution in [1.82, 2.24) is 5.32 Å². The van der Waals surface area contributed by atoms with E-state index in [0.717, 1.165) is 19.0 Å². The highest BCUT2D eigenvalue weighted by atomic mass is 19.1. The van der Waals surface area contributed by atoms with Crippen molar-refractivity contribution in [2.24, 2.45) is 5.92 Å². The van der Waals surface area contributed by atoms with Crippen molar-refractivity contribution in [3.8, 4) is 5.75 Å². The lowest BCUT2D eigenvalue weighted by Crippen LogP contribution is -2.24. The van der Waals surface area contributed by atoms with Crippen molar-refractivity contribution in [2.45, 2.75) is 6.42 Å². The van der Waals surface area contributed by atoms with Crippen molar-refractivity contribution < 1.29 is 14.3 Å². The fourth-order valence-corrected chi connectivity index (χ4v) is 1.71. The third-order valence-electron chi connectivity index (χ3n) is 2.65. The molecule has 1 atom stereocenters. The molecule has 1 fully saturated rings. The highest BCUT2D eigenvalue weighted by Crippen LogP contribution is 2.20. The molecule has 0 saturated carbocycles. The molecule has 1 aromatic rings. The largest absolute Gasteiger partial charge is 0.505 e. The minimum absolute atomic E-state index is 0.0585. The van der Waals surface area contributed by atoms with Crippen LogP contribution in [-0.4, -0.2) is 24.1 Å². The number of amides is 1. The Balaban J connectivity index is 2.02. The average Bonchev–Trinajstić information content (AvgIpc) is 2.77. The average molecular weight is 224 g/mol. The molecule has 1 aliphatic heterocycles. The van der Waals surface area contributed by atoms with Crippen LogP contribution in [0, 0.1) is 11.7 Å². The highest BCUT2D eigenvalue weighted by Gasteiger charge is 2.22. The summed E-state index contributed by atoms with van der Waals surface area (Å²) in [7, 11) is 0. The minimum Gasteiger partial charge on any atom is -0.505 e. The monoisotopic (exact) mass is 224 g/mol. The summed E-state index contributed by atoms with van der Waals surface area (Å²) in [5, 5.41) is 14.7. The predicted molar refractivity (Wildman–Crippen MR) is 57.7 cm³/mol. The second-order valence-corrected chi connectivity index (χ2v) is 3.85. The molecule has 0 aliphatic carbocycles. The summed E-state index contributed by atoms with van der Waals surface area (Å²) in [5.74, 6) is -1.32. The standard InChI is InChI=1S/C11H13FN2O2/c12-9-5-8(1-2-10(9)15)14-11(16)7-3-4-13-6-7/h1-2,5,7,13,15H,3-4,6H2,(H,14,16). The molecule has 1 aliphatic rings. The molecular formula is C11H13FN2O2. The summed E-state index contributed by atoms with van der Waals surface area (Å²) in [5.41, 5.74) is 0.368. The van der Waals surface area contributed by atoms with Gasteiger partial charge in [-0.15, -0.1) is 0 Å². The number of nitrogens with one attached hydrogen (secondary N) is 2. The van der Waals surface area contributed by atoms with Gasteiger partial charge >= 0.3 is 0 Å². The summed E-state index contributed by atoms with van der Waals surface area (Å²) in [6, 6.07) is 3.80. The third kappa shape index (κ3) is 2.30. The molecule has 16 heavy (non-hydrogen) atoms. The fourth-order valence-electron chi connectivity index (χ4n) is 1.71. The normalized spacial score (nSPS) is 19.7. The van der Waals surface area contributed by atoms with Gasteiger partial charge in [0.05, 0.1) is 5.92 Å². The maximum atomic E-state index is 13.0. The van der Waals surface area contributed by atoms with E-state index in [0.29, 0.717) is 12.2 Å². The van der Waals surface area contributed by atoms with Gasteiger partial charge in [0, 0.05) is 18.3 Å². The molecule has 0 radical (unpaired) electrons. The molecule has 1 amide bonds. The van der Waals surface area contributed by atoms with Gasteiger partial charge in [-0.1, -0.05) is 0 Å². The van der Waals surface area contributed by atoms with E-state index >= 15 is 0 Å². The first kappa shape index (κ1) is 10.9. The molecule has 4 nitrogen and oxygen atoms in total. The van der Waals surface area contributed by atoms with Gasteiger partial charge in [-0.3, -0.25) is 4.79 Å². The number of phenols is 1. The Bertz CT molecular complexity index is 403. The second kappa shape index (κ2) is 4.49. The molecular weight excluding hydrogens is 211 g/mol. The lowest BCUT2D eigenvalue weighted by molar-refractivity contribution is -0.119. The van der Waals surface area contributed by atoms with Crippen molar-refractivity contribution in [3.63, 3.8) is 0 Å². The zero-order chi connectivity index (χ0) is 11.5. The maximum absolute atomic E-state index is 13.0. The van der Waals surface area contributed by atoms with Gasteiger partial charge in [-0.05, 0) is 25.1 Å². The van der Waals surface area contributed by atoms with Crippen LogP contribution >= 0.6 is 0 Å². The Morgan fingerprint density at radius 2 is 2.38 bits per heavy atom. The summed E-state index contributed by atoms with van der Waals surface area (Å²) in [6.45, 7) is 1.49. The lowest BCUT2D eigenvalue weighted by Gasteiger charge is -2.09. The molecule has 1 saturated heterocycles. The van der Waals surface area contributed by atoms with Gasteiger partial charge < -0.3 is 15.7 Å². The first-order valence-electron chi connectivity index (χ1n) is 5.17. The molecule has 2 rings (SSSR count). The Labute approximate surface area is 92.5 Å². The number of benzene rings is 1. The van der Waals surface area contributed by atoms with Crippen LogP contribution in [0.2, 0.25) is 0 Å². The smallest absolute Gasteiger partial charge is 0.228 e. The van der Waals surface area contributed by atoms with E-state index in [-0.39, 0.29) is 11.8 Å². The molecule has 0 spiro atoms. The quantitative estimate of drug-likeness (QED) is 0.659. The Morgan fingerprint density at radius 3 is 3.00 bits per heavy atom. The number of halogens is 1. The fraction of sp³-hybridized carbons (Fsp3) is 0.364. The van der Waals surface area contributed by atoms with E-state index < -0.39 is 11.6 Å². The Hall–Kier alpha value is -1.62. The first-order valence-corrected chi connectivity index (χ1v) is 5.17. The van der Waals surface area contributed by atoms with E-state index in [1.165, 1.54) is 12.1 Å². The van der Waals surface area contributed by atoms with Gasteiger partial charge in [-0.25, -0.2) is 4.39 Å². The van der Waals surface area contributed by atoms with Crippen LogP contribution in [0.3, 0.4) is 0 Å². The number of carbonyl (C=O) groups is 1. The molecule has 0 bridgehead atoms. The number of carbonyl (C=O) groups excluding carboxylic acids is 1. The van der Waals surface area contributed by atoms with Gasteiger partial charge in [-0.2, -0.15) is 0 Å². The van der Waals surface area contributed by atoms with Crippen molar-refractivity contribution in [1.29, 1.82) is 0 Å². The number of hydrogen-bond acceptors (Lipinski definition) is 3. The van der Waals surface area contributed by atoms with E-state index in [9.17, 15) is 9.18 Å². The number of phenolic OH excluding ortho intramolecular Hbond substituents is 1. The van der Waals surface area contributed by atoms with E-state index in [4.69, 9.17) is 5.11 Å². The SMILES string of the molecule is O=C(Nc1ccc(O)c(F)c1)C1CCNC1. The predicted octanol–water partition coefficient (Wildman–Crippen LogP) is 1.08. The van der Waals surface area contributed by atoms with Crippen molar-refractivity contribution in [2.75, 3.05) is 18.4 Å². The topological polar surface area (TPSA) is 61.4 Å². The minimum atomic E-state index is -0.734. The van der Waals surface area contributed by atoms with Crippen LogP contribution in [0.15, 0.2) is 18.2 Å². The zero-order valence-electron chi connectivity index (χ0n) is 8.66. The van der Waals surface area contributed by atoms with Gasteiger partial charge in [0.2, 0.25) is 5.91 Å². The number of aromatic hydroxyl groups is 1. The molecule has 1 unspecified atom stereocenters. The van der Waals surface area contributed by atoms with Crippen LogP contribution in [0.5, 0.6) is 5.75 Å². The Morgan fingerprint density at radius 1 is 1.56 bits per heavy atom. The zero-order valence-corrected chi connectivity index (χ0v) is 8.66. The van der Waals surface area contributed by atoms with Gasteiger partial charge in [0.1, 0.15) is 0 Å².